The van der Waals surface area contributed by atoms with Crippen molar-refractivity contribution < 1.29 is 8.78 Å². The van der Waals surface area contributed by atoms with Gasteiger partial charge in [0.1, 0.15) is 11.6 Å². The van der Waals surface area contributed by atoms with Crippen molar-refractivity contribution in [3.63, 3.8) is 0 Å². The van der Waals surface area contributed by atoms with Gasteiger partial charge in [-0.3, -0.25) is 0 Å². The Bertz CT molecular complexity index is 429. The molecule has 0 fully saturated rings. The number of hydrogen-bond acceptors (Lipinski definition) is 3. The lowest BCUT2D eigenvalue weighted by Crippen LogP contribution is -2.35. The maximum atomic E-state index is 13.5. The molecule has 1 unspecified atom stereocenters. The van der Waals surface area contributed by atoms with E-state index in [9.17, 15) is 8.78 Å². The van der Waals surface area contributed by atoms with E-state index in [-0.39, 0.29) is 23.7 Å². The molecule has 1 N–H and O–H groups in total. The molecule has 0 radical (unpaired) electrons. The third-order valence-corrected chi connectivity index (χ3v) is 2.89. The predicted octanol–water partition coefficient (Wildman–Crippen LogP) is 1.88. The second-order valence-electron chi connectivity index (χ2n) is 4.47. The van der Waals surface area contributed by atoms with Crippen LogP contribution in [0.4, 0.5) is 8.78 Å². The van der Waals surface area contributed by atoms with Gasteiger partial charge in [-0.2, -0.15) is 5.26 Å². The minimum Gasteiger partial charge on any atom is -0.311 e. The molecule has 18 heavy (non-hydrogen) atoms. The molecular weight excluding hydrogens is 236 g/mol. The van der Waals surface area contributed by atoms with E-state index >= 15 is 0 Å². The van der Waals surface area contributed by atoms with Gasteiger partial charge in [0.25, 0.3) is 0 Å². The zero-order chi connectivity index (χ0) is 13.7. The summed E-state index contributed by atoms with van der Waals surface area (Å²) in [6.45, 7) is 2.76. The first-order valence-electron chi connectivity index (χ1n) is 5.71. The average Bonchev–Trinajstić information content (AvgIpc) is 2.31. The number of likely N-dealkylation sites (N-methyl/N-ethyl adjacent to an activating group) is 1. The molecule has 1 aromatic carbocycles. The first-order chi connectivity index (χ1) is 8.45. The first-order valence-corrected chi connectivity index (χ1v) is 5.71. The fourth-order valence-corrected chi connectivity index (χ4v) is 1.43. The normalized spacial score (nSPS) is 12.5. The standard InChI is InChI=1S/C13H17F2N3/c1-9(18(2)3)7-17-8-11-12(14)4-10(6-16)5-13(11)15/h4-5,9,17H,7-8H2,1-3H3. The Labute approximate surface area is 106 Å². The van der Waals surface area contributed by atoms with Crippen molar-refractivity contribution in [1.29, 1.82) is 5.26 Å². The van der Waals surface area contributed by atoms with Gasteiger partial charge >= 0.3 is 0 Å². The summed E-state index contributed by atoms with van der Waals surface area (Å²) in [4.78, 5) is 2.01. The van der Waals surface area contributed by atoms with Crippen LogP contribution in [0.25, 0.3) is 0 Å². The molecular formula is C13H17F2N3. The third-order valence-electron chi connectivity index (χ3n) is 2.89. The monoisotopic (exact) mass is 253 g/mol. The van der Waals surface area contributed by atoms with E-state index in [0.717, 1.165) is 12.1 Å². The van der Waals surface area contributed by atoms with Gasteiger partial charge in [0.05, 0.1) is 11.6 Å². The highest BCUT2D eigenvalue weighted by Crippen LogP contribution is 2.14. The second kappa shape index (κ2) is 6.43. The Balaban J connectivity index is 2.66. The topological polar surface area (TPSA) is 39.1 Å². The van der Waals surface area contributed by atoms with Gasteiger partial charge < -0.3 is 10.2 Å². The van der Waals surface area contributed by atoms with Crippen molar-refractivity contribution in [1.82, 2.24) is 10.2 Å². The van der Waals surface area contributed by atoms with Gasteiger partial charge in [0.15, 0.2) is 0 Å². The zero-order valence-electron chi connectivity index (χ0n) is 10.8. The Hall–Kier alpha value is -1.51. The molecule has 0 spiro atoms. The fourth-order valence-electron chi connectivity index (χ4n) is 1.43. The van der Waals surface area contributed by atoms with Crippen LogP contribution in [0.1, 0.15) is 18.1 Å². The highest BCUT2D eigenvalue weighted by Gasteiger charge is 2.11. The van der Waals surface area contributed by atoms with E-state index < -0.39 is 11.6 Å². The van der Waals surface area contributed by atoms with Crippen molar-refractivity contribution in [2.75, 3.05) is 20.6 Å². The molecule has 0 amide bonds. The number of nitriles is 1. The quantitative estimate of drug-likeness (QED) is 0.870. The van der Waals surface area contributed by atoms with E-state index in [1.165, 1.54) is 0 Å². The second-order valence-corrected chi connectivity index (χ2v) is 4.47. The van der Waals surface area contributed by atoms with Crippen molar-refractivity contribution >= 4 is 0 Å². The molecule has 0 saturated heterocycles. The first kappa shape index (κ1) is 14.6. The molecule has 98 valence electrons. The molecule has 0 aliphatic carbocycles. The Morgan fingerprint density at radius 1 is 1.33 bits per heavy atom. The summed E-state index contributed by atoms with van der Waals surface area (Å²) < 4.78 is 27.1. The number of benzene rings is 1. The van der Waals surface area contributed by atoms with Crippen LogP contribution in [-0.4, -0.2) is 31.6 Å². The van der Waals surface area contributed by atoms with Crippen LogP contribution < -0.4 is 5.32 Å². The van der Waals surface area contributed by atoms with E-state index in [0.29, 0.717) is 6.54 Å². The Morgan fingerprint density at radius 2 is 1.89 bits per heavy atom. The van der Waals surface area contributed by atoms with Crippen LogP contribution in [0.5, 0.6) is 0 Å². The fraction of sp³-hybridized carbons (Fsp3) is 0.462. The lowest BCUT2D eigenvalue weighted by atomic mass is 10.1. The van der Waals surface area contributed by atoms with Gasteiger partial charge in [-0.05, 0) is 33.2 Å². The van der Waals surface area contributed by atoms with Crippen molar-refractivity contribution in [3.05, 3.63) is 34.9 Å². The molecule has 0 aromatic heterocycles. The lowest BCUT2D eigenvalue weighted by molar-refractivity contribution is 0.301. The van der Waals surface area contributed by atoms with Crippen molar-refractivity contribution in [3.8, 4) is 6.07 Å². The third kappa shape index (κ3) is 3.76. The number of nitrogens with zero attached hydrogens (tertiary/aromatic N) is 2. The highest BCUT2D eigenvalue weighted by molar-refractivity contribution is 5.34. The highest BCUT2D eigenvalue weighted by atomic mass is 19.1. The van der Waals surface area contributed by atoms with Crippen LogP contribution in [0.2, 0.25) is 0 Å². The Morgan fingerprint density at radius 3 is 2.33 bits per heavy atom. The molecule has 1 atom stereocenters. The van der Waals surface area contributed by atoms with E-state index in [1.54, 1.807) is 6.07 Å². The summed E-state index contributed by atoms with van der Waals surface area (Å²) in [5, 5.41) is 11.6. The summed E-state index contributed by atoms with van der Waals surface area (Å²) in [6, 6.07) is 4.09. The molecule has 5 heteroatoms. The van der Waals surface area contributed by atoms with Crippen LogP contribution in [0.3, 0.4) is 0 Å². The molecule has 1 rings (SSSR count). The van der Waals surface area contributed by atoms with Crippen LogP contribution >= 0.6 is 0 Å². The SMILES string of the molecule is CC(CNCc1c(F)cc(C#N)cc1F)N(C)C. The summed E-state index contributed by atoms with van der Waals surface area (Å²) in [7, 11) is 3.88. The number of rotatable bonds is 5. The summed E-state index contributed by atoms with van der Waals surface area (Å²) >= 11 is 0. The molecule has 0 aliphatic rings. The van der Waals surface area contributed by atoms with Crippen LogP contribution in [-0.2, 0) is 6.54 Å². The zero-order valence-corrected chi connectivity index (χ0v) is 10.8. The molecule has 0 saturated carbocycles. The lowest BCUT2D eigenvalue weighted by Gasteiger charge is -2.20. The number of hydrogen-bond donors (Lipinski definition) is 1. The van der Waals surface area contributed by atoms with Gasteiger partial charge in [0.2, 0.25) is 0 Å². The molecule has 0 aliphatic heterocycles. The van der Waals surface area contributed by atoms with Crippen LogP contribution in [0.15, 0.2) is 12.1 Å². The largest absolute Gasteiger partial charge is 0.311 e. The van der Waals surface area contributed by atoms with Crippen molar-refractivity contribution in [2.24, 2.45) is 0 Å². The number of nitrogens with one attached hydrogen (secondary N) is 1. The van der Waals surface area contributed by atoms with E-state index in [2.05, 4.69) is 5.32 Å². The maximum Gasteiger partial charge on any atom is 0.131 e. The molecule has 0 heterocycles. The van der Waals surface area contributed by atoms with Gasteiger partial charge in [-0.15, -0.1) is 0 Å². The van der Waals surface area contributed by atoms with E-state index in [4.69, 9.17) is 5.26 Å². The minimum absolute atomic E-state index is 0.00425. The van der Waals surface area contributed by atoms with Gasteiger partial charge in [-0.25, -0.2) is 8.78 Å². The van der Waals surface area contributed by atoms with Crippen molar-refractivity contribution in [2.45, 2.75) is 19.5 Å². The summed E-state index contributed by atoms with van der Waals surface area (Å²) in [6.07, 6.45) is 0. The minimum atomic E-state index is -0.684. The molecule has 1 aromatic rings. The summed E-state index contributed by atoms with van der Waals surface area (Å²) in [5.74, 6) is -1.37. The van der Waals surface area contributed by atoms with Crippen LogP contribution in [0, 0.1) is 23.0 Å². The maximum absolute atomic E-state index is 13.5. The van der Waals surface area contributed by atoms with Gasteiger partial charge in [0, 0.05) is 24.7 Å². The Kier molecular flexibility index (Phi) is 5.20. The van der Waals surface area contributed by atoms with Gasteiger partial charge in [-0.1, -0.05) is 0 Å². The number of halogens is 2. The smallest absolute Gasteiger partial charge is 0.131 e. The molecule has 0 bridgehead atoms. The van der Waals surface area contributed by atoms with E-state index in [1.807, 2.05) is 25.9 Å². The predicted molar refractivity (Wildman–Crippen MR) is 65.9 cm³/mol. The summed E-state index contributed by atoms with van der Waals surface area (Å²) in [5.41, 5.74) is -0.0321. The average molecular weight is 253 g/mol. The molecule has 3 nitrogen and oxygen atoms in total.